The van der Waals surface area contributed by atoms with Crippen LogP contribution in [0.1, 0.15) is 0 Å². The number of hydrogen-bond acceptors (Lipinski definition) is 3. The lowest BCUT2D eigenvalue weighted by atomic mass is 10.2. The van der Waals surface area contributed by atoms with Crippen molar-refractivity contribution in [1.82, 2.24) is 14.6 Å². The SMILES string of the molecule is [O-][n+]1cnn2cnc3ccccc3c21. The number of fused-ring (bicyclic) bond motifs is 3. The first-order chi connectivity index (χ1) is 6.86. The topological polar surface area (TPSA) is 57.1 Å². The molecule has 0 aliphatic heterocycles. The second-order valence-corrected chi connectivity index (χ2v) is 2.99. The van der Waals surface area contributed by atoms with Crippen molar-refractivity contribution in [2.75, 3.05) is 0 Å². The summed E-state index contributed by atoms with van der Waals surface area (Å²) in [7, 11) is 0. The average molecular weight is 186 g/mol. The van der Waals surface area contributed by atoms with E-state index in [1.54, 1.807) is 0 Å². The molecule has 5 nitrogen and oxygen atoms in total. The van der Waals surface area contributed by atoms with Crippen LogP contribution in [0.2, 0.25) is 0 Å². The molecule has 0 atom stereocenters. The molecule has 5 heteroatoms. The number of hydrogen-bond donors (Lipinski definition) is 0. The maximum absolute atomic E-state index is 11.4. The molecular formula is C9H6N4O. The fourth-order valence-electron chi connectivity index (χ4n) is 1.53. The van der Waals surface area contributed by atoms with Gasteiger partial charge >= 0.3 is 0 Å². The highest BCUT2D eigenvalue weighted by Gasteiger charge is 2.10. The molecule has 0 saturated heterocycles. The first-order valence-corrected chi connectivity index (χ1v) is 4.16. The monoisotopic (exact) mass is 186 g/mol. The lowest BCUT2D eigenvalue weighted by Gasteiger charge is -1.99. The van der Waals surface area contributed by atoms with Gasteiger partial charge in [0.05, 0.1) is 10.9 Å². The first-order valence-electron chi connectivity index (χ1n) is 4.16. The summed E-state index contributed by atoms with van der Waals surface area (Å²) in [5.74, 6) is 0. The van der Waals surface area contributed by atoms with Crippen LogP contribution >= 0.6 is 0 Å². The summed E-state index contributed by atoms with van der Waals surface area (Å²) in [5, 5.41) is 16.1. The Morgan fingerprint density at radius 2 is 2.14 bits per heavy atom. The largest absolute Gasteiger partial charge is 0.740 e. The van der Waals surface area contributed by atoms with Gasteiger partial charge in [0, 0.05) is 5.10 Å². The zero-order valence-electron chi connectivity index (χ0n) is 7.16. The Hall–Kier alpha value is -2.17. The highest BCUT2D eigenvalue weighted by atomic mass is 16.5. The van der Waals surface area contributed by atoms with E-state index >= 15 is 0 Å². The molecule has 68 valence electrons. The van der Waals surface area contributed by atoms with E-state index in [1.165, 1.54) is 17.2 Å². The minimum absolute atomic E-state index is 0.510. The highest BCUT2D eigenvalue weighted by molar-refractivity contribution is 5.89. The van der Waals surface area contributed by atoms with Gasteiger partial charge in [0.1, 0.15) is 0 Å². The number of nitrogens with zero attached hydrogens (tertiary/aromatic N) is 4. The summed E-state index contributed by atoms with van der Waals surface area (Å²) in [4.78, 5) is 4.17. The molecule has 0 radical (unpaired) electrons. The Bertz CT molecular complexity index is 616. The van der Waals surface area contributed by atoms with Gasteiger partial charge in [-0.2, -0.15) is 0 Å². The summed E-state index contributed by atoms with van der Waals surface area (Å²) >= 11 is 0. The number of aromatic nitrogens is 4. The standard InChI is InChI=1S/C9H6N4O/c14-13-6-11-12-5-10-8-4-2-1-3-7(8)9(12)13/h1-6H. The molecule has 3 aromatic rings. The Morgan fingerprint density at radius 1 is 1.29 bits per heavy atom. The second kappa shape index (κ2) is 2.41. The fraction of sp³-hybridized carbons (Fsp3) is 0. The van der Waals surface area contributed by atoms with Gasteiger partial charge in [0.25, 0.3) is 12.0 Å². The molecule has 0 amide bonds. The van der Waals surface area contributed by atoms with E-state index in [2.05, 4.69) is 10.1 Å². The number of benzene rings is 1. The average Bonchev–Trinajstić information content (AvgIpc) is 2.61. The molecule has 0 aliphatic rings. The van der Waals surface area contributed by atoms with Gasteiger partial charge in [-0.1, -0.05) is 16.6 Å². The third-order valence-electron chi connectivity index (χ3n) is 2.16. The molecule has 3 rings (SSSR count). The van der Waals surface area contributed by atoms with E-state index in [0.29, 0.717) is 5.65 Å². The van der Waals surface area contributed by atoms with E-state index < -0.39 is 0 Å². The predicted octanol–water partition coefficient (Wildman–Crippen LogP) is 0.516. The molecule has 0 unspecified atom stereocenters. The summed E-state index contributed by atoms with van der Waals surface area (Å²) in [6.07, 6.45) is 2.76. The van der Waals surface area contributed by atoms with Crippen LogP contribution in [0.4, 0.5) is 0 Å². The van der Waals surface area contributed by atoms with Crippen LogP contribution in [0, 0.1) is 5.21 Å². The van der Waals surface area contributed by atoms with Crippen molar-refractivity contribution in [3.63, 3.8) is 0 Å². The van der Waals surface area contributed by atoms with Crippen LogP contribution in [-0.4, -0.2) is 14.6 Å². The molecule has 0 saturated carbocycles. The molecule has 0 aliphatic carbocycles. The van der Waals surface area contributed by atoms with E-state index in [9.17, 15) is 5.21 Å². The minimum atomic E-state index is 0.510. The third kappa shape index (κ3) is 0.806. The number of para-hydroxylation sites is 1. The second-order valence-electron chi connectivity index (χ2n) is 2.99. The summed E-state index contributed by atoms with van der Waals surface area (Å²) in [6, 6.07) is 7.48. The van der Waals surface area contributed by atoms with Gasteiger partial charge in [-0.25, -0.2) is 9.71 Å². The molecule has 1 aromatic carbocycles. The van der Waals surface area contributed by atoms with Gasteiger partial charge in [0.15, 0.2) is 6.33 Å². The van der Waals surface area contributed by atoms with Gasteiger partial charge < -0.3 is 5.21 Å². The maximum Gasteiger partial charge on any atom is 0.277 e. The van der Waals surface area contributed by atoms with Crippen LogP contribution in [0.25, 0.3) is 16.6 Å². The normalized spacial score (nSPS) is 11.1. The van der Waals surface area contributed by atoms with Crippen molar-refractivity contribution in [1.29, 1.82) is 0 Å². The van der Waals surface area contributed by atoms with Crippen molar-refractivity contribution in [3.05, 3.63) is 42.1 Å². The van der Waals surface area contributed by atoms with Crippen LogP contribution in [-0.2, 0) is 0 Å². The summed E-state index contributed by atoms with van der Waals surface area (Å²) in [6.45, 7) is 0. The van der Waals surface area contributed by atoms with Crippen molar-refractivity contribution in [2.24, 2.45) is 0 Å². The summed E-state index contributed by atoms with van der Waals surface area (Å²) in [5.41, 5.74) is 1.31. The maximum atomic E-state index is 11.4. The van der Waals surface area contributed by atoms with Gasteiger partial charge in [0.2, 0.25) is 0 Å². The predicted molar refractivity (Wildman–Crippen MR) is 49.5 cm³/mol. The number of rotatable bonds is 0. The molecule has 0 spiro atoms. The van der Waals surface area contributed by atoms with Crippen LogP contribution < -0.4 is 4.73 Å². The van der Waals surface area contributed by atoms with Gasteiger partial charge in [-0.05, 0) is 12.1 Å². The molecule has 14 heavy (non-hydrogen) atoms. The Labute approximate surface area is 78.8 Å². The Kier molecular flexibility index (Phi) is 1.25. The van der Waals surface area contributed by atoms with Crippen LogP contribution in [0.5, 0.6) is 0 Å². The molecule has 0 bridgehead atoms. The van der Waals surface area contributed by atoms with Crippen molar-refractivity contribution in [2.45, 2.75) is 0 Å². The van der Waals surface area contributed by atoms with Crippen molar-refractivity contribution < 1.29 is 4.73 Å². The van der Waals surface area contributed by atoms with Gasteiger partial charge in [-0.15, -0.1) is 0 Å². The lowest BCUT2D eigenvalue weighted by Crippen LogP contribution is -2.23. The van der Waals surface area contributed by atoms with Crippen LogP contribution in [0.15, 0.2) is 36.9 Å². The molecule has 2 heterocycles. The van der Waals surface area contributed by atoms with Crippen molar-refractivity contribution in [3.8, 4) is 0 Å². The van der Waals surface area contributed by atoms with Crippen molar-refractivity contribution >= 4 is 16.6 Å². The smallest absolute Gasteiger partial charge is 0.277 e. The lowest BCUT2D eigenvalue weighted by molar-refractivity contribution is -0.577. The molecular weight excluding hydrogens is 180 g/mol. The van der Waals surface area contributed by atoms with E-state index in [4.69, 9.17) is 0 Å². The molecule has 2 aromatic heterocycles. The summed E-state index contributed by atoms with van der Waals surface area (Å²) < 4.78 is 2.21. The Morgan fingerprint density at radius 3 is 3.07 bits per heavy atom. The minimum Gasteiger partial charge on any atom is -0.740 e. The fourth-order valence-corrected chi connectivity index (χ4v) is 1.53. The molecule has 0 fully saturated rings. The van der Waals surface area contributed by atoms with Crippen LogP contribution in [0.3, 0.4) is 0 Å². The highest BCUT2D eigenvalue weighted by Crippen LogP contribution is 2.13. The first kappa shape index (κ1) is 7.25. The Balaban J connectivity index is 2.65. The van der Waals surface area contributed by atoms with E-state index in [1.807, 2.05) is 24.3 Å². The zero-order valence-corrected chi connectivity index (χ0v) is 7.16. The quantitative estimate of drug-likeness (QED) is 0.380. The van der Waals surface area contributed by atoms with E-state index in [0.717, 1.165) is 15.6 Å². The van der Waals surface area contributed by atoms with E-state index in [-0.39, 0.29) is 0 Å². The third-order valence-corrected chi connectivity index (χ3v) is 2.16. The zero-order chi connectivity index (χ0) is 9.54. The molecule has 0 N–H and O–H groups in total. The van der Waals surface area contributed by atoms with Gasteiger partial charge in [-0.3, -0.25) is 0 Å².